The fourth-order valence-corrected chi connectivity index (χ4v) is 3.34. The molecule has 1 saturated heterocycles. The van der Waals surface area contributed by atoms with E-state index >= 15 is 0 Å². The van der Waals surface area contributed by atoms with E-state index in [2.05, 4.69) is 58.4 Å². The van der Waals surface area contributed by atoms with Gasteiger partial charge in [-0.15, -0.1) is 0 Å². The largest absolute Gasteiger partial charge is 0.371 e. The summed E-state index contributed by atoms with van der Waals surface area (Å²) in [7, 11) is 2.05. The van der Waals surface area contributed by atoms with E-state index in [4.69, 9.17) is 12.2 Å². The Labute approximate surface area is 150 Å². The highest BCUT2D eigenvalue weighted by Gasteiger charge is 2.16. The van der Waals surface area contributed by atoms with Gasteiger partial charge in [0.25, 0.3) is 0 Å². The Bertz CT molecular complexity index is 708. The van der Waals surface area contributed by atoms with Crippen LogP contribution in [-0.4, -0.2) is 30.1 Å². The lowest BCUT2D eigenvalue weighted by Crippen LogP contribution is -2.31. The van der Waals surface area contributed by atoms with Crippen LogP contribution in [0.4, 0.5) is 11.4 Å². The van der Waals surface area contributed by atoms with E-state index in [0.717, 1.165) is 30.4 Å². The van der Waals surface area contributed by atoms with E-state index in [-0.39, 0.29) is 0 Å². The molecule has 0 unspecified atom stereocenters. The molecule has 0 bridgehead atoms. The third kappa shape index (κ3) is 3.88. The highest BCUT2D eigenvalue weighted by molar-refractivity contribution is 7.80. The SMILES string of the molecule is Cc1ccccc1NC(=S)N(C)Cc1ccccc1N1CCCC1. The molecule has 3 rings (SSSR count). The summed E-state index contributed by atoms with van der Waals surface area (Å²) >= 11 is 5.60. The summed E-state index contributed by atoms with van der Waals surface area (Å²) in [6.07, 6.45) is 2.58. The Balaban J connectivity index is 1.69. The van der Waals surface area contributed by atoms with Gasteiger partial charge in [0.15, 0.2) is 5.11 Å². The molecule has 1 fully saturated rings. The zero-order valence-electron chi connectivity index (χ0n) is 14.5. The van der Waals surface area contributed by atoms with Crippen LogP contribution in [-0.2, 0) is 6.54 Å². The first kappa shape index (κ1) is 16.8. The molecule has 0 atom stereocenters. The Hall–Kier alpha value is -2.07. The van der Waals surface area contributed by atoms with Crippen molar-refractivity contribution >= 4 is 28.7 Å². The molecule has 4 heteroatoms. The number of nitrogens with one attached hydrogen (secondary N) is 1. The van der Waals surface area contributed by atoms with Crippen LogP contribution in [0, 0.1) is 6.92 Å². The van der Waals surface area contributed by atoms with E-state index in [0.29, 0.717) is 0 Å². The molecular weight excluding hydrogens is 314 g/mol. The van der Waals surface area contributed by atoms with E-state index in [1.807, 2.05) is 19.2 Å². The minimum atomic E-state index is 0.750. The third-order valence-corrected chi connectivity index (χ3v) is 4.99. The van der Waals surface area contributed by atoms with Crippen molar-refractivity contribution in [2.45, 2.75) is 26.3 Å². The van der Waals surface area contributed by atoms with Crippen LogP contribution in [0.25, 0.3) is 0 Å². The topological polar surface area (TPSA) is 18.5 Å². The van der Waals surface area contributed by atoms with Gasteiger partial charge in [-0.25, -0.2) is 0 Å². The number of anilines is 2. The van der Waals surface area contributed by atoms with Crippen LogP contribution in [0.2, 0.25) is 0 Å². The van der Waals surface area contributed by atoms with Gasteiger partial charge in [-0.1, -0.05) is 36.4 Å². The molecule has 0 amide bonds. The molecule has 0 aliphatic carbocycles. The minimum absolute atomic E-state index is 0.750. The van der Waals surface area contributed by atoms with Crippen LogP contribution >= 0.6 is 12.2 Å². The zero-order valence-corrected chi connectivity index (χ0v) is 15.3. The number of benzene rings is 2. The second kappa shape index (κ2) is 7.67. The van der Waals surface area contributed by atoms with Gasteiger partial charge in [-0.2, -0.15) is 0 Å². The number of nitrogens with zero attached hydrogens (tertiary/aromatic N) is 2. The number of thiocarbonyl (C=S) groups is 1. The van der Waals surface area contributed by atoms with Gasteiger partial charge in [0.1, 0.15) is 0 Å². The Morgan fingerprint density at radius 2 is 1.75 bits per heavy atom. The molecule has 0 saturated carbocycles. The second-order valence-corrected chi connectivity index (χ2v) is 6.81. The summed E-state index contributed by atoms with van der Waals surface area (Å²) in [6.45, 7) is 5.22. The van der Waals surface area contributed by atoms with Crippen LogP contribution in [0.1, 0.15) is 24.0 Å². The van der Waals surface area contributed by atoms with Gasteiger partial charge in [0, 0.05) is 38.1 Å². The lowest BCUT2D eigenvalue weighted by Gasteiger charge is -2.26. The fourth-order valence-electron chi connectivity index (χ4n) is 3.16. The first-order chi connectivity index (χ1) is 11.6. The molecule has 1 heterocycles. The Morgan fingerprint density at radius 3 is 2.50 bits per heavy atom. The van der Waals surface area contributed by atoms with E-state index in [1.54, 1.807) is 0 Å². The van der Waals surface area contributed by atoms with Crippen molar-refractivity contribution in [3.63, 3.8) is 0 Å². The average Bonchev–Trinajstić information content (AvgIpc) is 3.11. The first-order valence-electron chi connectivity index (χ1n) is 8.56. The van der Waals surface area contributed by atoms with Crippen molar-refractivity contribution in [3.8, 4) is 0 Å². The van der Waals surface area contributed by atoms with Gasteiger partial charge in [-0.3, -0.25) is 0 Å². The van der Waals surface area contributed by atoms with Gasteiger partial charge in [0.05, 0.1) is 0 Å². The first-order valence-corrected chi connectivity index (χ1v) is 8.96. The minimum Gasteiger partial charge on any atom is -0.371 e. The van der Waals surface area contributed by atoms with Gasteiger partial charge in [0.2, 0.25) is 0 Å². The second-order valence-electron chi connectivity index (χ2n) is 6.42. The molecule has 0 radical (unpaired) electrons. The Morgan fingerprint density at radius 1 is 1.08 bits per heavy atom. The zero-order chi connectivity index (χ0) is 16.9. The molecule has 2 aromatic rings. The highest BCUT2D eigenvalue weighted by Crippen LogP contribution is 2.25. The number of hydrogen-bond donors (Lipinski definition) is 1. The summed E-state index contributed by atoms with van der Waals surface area (Å²) in [5.74, 6) is 0. The van der Waals surface area contributed by atoms with Crippen LogP contribution < -0.4 is 10.2 Å². The quantitative estimate of drug-likeness (QED) is 0.831. The highest BCUT2D eigenvalue weighted by atomic mass is 32.1. The van der Waals surface area contributed by atoms with Crippen LogP contribution in [0.5, 0.6) is 0 Å². The molecular formula is C20H25N3S. The maximum atomic E-state index is 5.60. The lowest BCUT2D eigenvalue weighted by molar-refractivity contribution is 0.508. The molecule has 1 N–H and O–H groups in total. The standard InChI is InChI=1S/C20H25N3S/c1-16-9-3-5-11-18(16)21-20(24)22(2)15-17-10-4-6-12-19(17)23-13-7-8-14-23/h3-6,9-12H,7-8,13-15H2,1-2H3,(H,21,24). The molecule has 0 spiro atoms. The normalized spacial score (nSPS) is 13.8. The third-order valence-electron chi connectivity index (χ3n) is 4.58. The van der Waals surface area contributed by atoms with Crippen LogP contribution in [0.15, 0.2) is 48.5 Å². The van der Waals surface area contributed by atoms with Crippen LogP contribution in [0.3, 0.4) is 0 Å². The van der Waals surface area contributed by atoms with Crippen molar-refractivity contribution < 1.29 is 0 Å². The van der Waals surface area contributed by atoms with Crippen molar-refractivity contribution in [2.75, 3.05) is 30.4 Å². The van der Waals surface area contributed by atoms with E-state index in [9.17, 15) is 0 Å². The fraction of sp³-hybridized carbons (Fsp3) is 0.350. The lowest BCUT2D eigenvalue weighted by atomic mass is 10.1. The number of para-hydroxylation sites is 2. The van der Waals surface area contributed by atoms with Crippen molar-refractivity contribution in [2.24, 2.45) is 0 Å². The summed E-state index contributed by atoms with van der Waals surface area (Å²) in [5, 5.41) is 4.11. The number of hydrogen-bond acceptors (Lipinski definition) is 2. The molecule has 1 aliphatic rings. The summed E-state index contributed by atoms with van der Waals surface area (Å²) in [6, 6.07) is 16.9. The van der Waals surface area contributed by atoms with Crippen molar-refractivity contribution in [1.29, 1.82) is 0 Å². The molecule has 3 nitrogen and oxygen atoms in total. The monoisotopic (exact) mass is 339 g/mol. The maximum Gasteiger partial charge on any atom is 0.173 e. The number of rotatable bonds is 4. The molecule has 1 aliphatic heterocycles. The predicted molar refractivity (Wildman–Crippen MR) is 107 cm³/mol. The van der Waals surface area contributed by atoms with Crippen molar-refractivity contribution in [1.82, 2.24) is 4.90 Å². The van der Waals surface area contributed by atoms with Gasteiger partial charge in [-0.05, 0) is 55.2 Å². The van der Waals surface area contributed by atoms with Gasteiger partial charge < -0.3 is 15.1 Å². The summed E-state index contributed by atoms with van der Waals surface area (Å²) < 4.78 is 0. The predicted octanol–water partition coefficient (Wildman–Crippen LogP) is 4.42. The molecule has 2 aromatic carbocycles. The van der Waals surface area contributed by atoms with Crippen molar-refractivity contribution in [3.05, 3.63) is 59.7 Å². The summed E-state index contributed by atoms with van der Waals surface area (Å²) in [4.78, 5) is 4.59. The molecule has 24 heavy (non-hydrogen) atoms. The smallest absolute Gasteiger partial charge is 0.173 e. The maximum absolute atomic E-state index is 5.60. The Kier molecular flexibility index (Phi) is 5.36. The average molecular weight is 340 g/mol. The number of aryl methyl sites for hydroxylation is 1. The summed E-state index contributed by atoms with van der Waals surface area (Å²) in [5.41, 5.74) is 4.95. The molecule has 126 valence electrons. The van der Waals surface area contributed by atoms with E-state index < -0.39 is 0 Å². The van der Waals surface area contributed by atoms with E-state index in [1.165, 1.54) is 29.7 Å². The van der Waals surface area contributed by atoms with Gasteiger partial charge >= 0.3 is 0 Å². The molecule has 0 aromatic heterocycles.